The first-order valence-electron chi connectivity index (χ1n) is 6.67. The molecule has 0 bridgehead atoms. The standard InChI is InChI=1S/C15H23NO3/c1-9(16-13-8-14(18)15(13,2)3)11-7-10(19-4)5-6-12(11)17/h5-7,9,13-14,16-18H,8H2,1-4H3. The summed E-state index contributed by atoms with van der Waals surface area (Å²) in [7, 11) is 1.61. The molecule has 4 nitrogen and oxygen atoms in total. The molecule has 1 aliphatic rings. The fraction of sp³-hybridized carbons (Fsp3) is 0.600. The van der Waals surface area contributed by atoms with Gasteiger partial charge < -0.3 is 20.3 Å². The van der Waals surface area contributed by atoms with Crippen LogP contribution in [0, 0.1) is 5.41 Å². The predicted octanol–water partition coefficient (Wildman–Crippen LogP) is 2.21. The van der Waals surface area contributed by atoms with Gasteiger partial charge in [-0.2, -0.15) is 0 Å². The highest BCUT2D eigenvalue weighted by Gasteiger charge is 2.47. The van der Waals surface area contributed by atoms with E-state index in [0.29, 0.717) is 0 Å². The van der Waals surface area contributed by atoms with Gasteiger partial charge in [-0.3, -0.25) is 0 Å². The van der Waals surface area contributed by atoms with Crippen LogP contribution >= 0.6 is 0 Å². The van der Waals surface area contributed by atoms with Crippen molar-refractivity contribution in [2.45, 2.75) is 45.4 Å². The second kappa shape index (κ2) is 5.02. The monoisotopic (exact) mass is 265 g/mol. The number of rotatable bonds is 4. The average Bonchev–Trinajstić information content (AvgIpc) is 2.38. The lowest BCUT2D eigenvalue weighted by atomic mass is 9.64. The van der Waals surface area contributed by atoms with Crippen LogP contribution in [0.2, 0.25) is 0 Å². The van der Waals surface area contributed by atoms with Gasteiger partial charge in [0.1, 0.15) is 11.5 Å². The number of benzene rings is 1. The topological polar surface area (TPSA) is 61.7 Å². The van der Waals surface area contributed by atoms with E-state index < -0.39 is 0 Å². The normalized spacial score (nSPS) is 26.6. The van der Waals surface area contributed by atoms with Gasteiger partial charge in [-0.25, -0.2) is 0 Å². The highest BCUT2D eigenvalue weighted by molar-refractivity contribution is 5.41. The zero-order valence-corrected chi connectivity index (χ0v) is 12.0. The Bertz CT molecular complexity index is 459. The van der Waals surface area contributed by atoms with Crippen molar-refractivity contribution in [1.82, 2.24) is 5.32 Å². The Labute approximate surface area is 114 Å². The summed E-state index contributed by atoms with van der Waals surface area (Å²) in [5, 5.41) is 23.2. The lowest BCUT2D eigenvalue weighted by Crippen LogP contribution is -2.60. The molecule has 0 saturated heterocycles. The molecule has 0 amide bonds. The second-order valence-corrected chi connectivity index (χ2v) is 5.94. The average molecular weight is 265 g/mol. The van der Waals surface area contributed by atoms with Crippen molar-refractivity contribution in [1.29, 1.82) is 0 Å². The van der Waals surface area contributed by atoms with Crippen LogP contribution in [0.15, 0.2) is 18.2 Å². The van der Waals surface area contributed by atoms with Crippen LogP contribution in [0.4, 0.5) is 0 Å². The van der Waals surface area contributed by atoms with Crippen molar-refractivity contribution in [2.75, 3.05) is 7.11 Å². The molecule has 19 heavy (non-hydrogen) atoms. The summed E-state index contributed by atoms with van der Waals surface area (Å²) in [6, 6.07) is 5.49. The Morgan fingerprint density at radius 1 is 1.42 bits per heavy atom. The maximum Gasteiger partial charge on any atom is 0.120 e. The van der Waals surface area contributed by atoms with Crippen LogP contribution in [0.25, 0.3) is 0 Å². The zero-order valence-electron chi connectivity index (χ0n) is 12.0. The molecular formula is C15H23NO3. The molecule has 0 radical (unpaired) electrons. The Kier molecular flexibility index (Phi) is 3.74. The Hall–Kier alpha value is -1.26. The summed E-state index contributed by atoms with van der Waals surface area (Å²) >= 11 is 0. The molecule has 1 saturated carbocycles. The van der Waals surface area contributed by atoms with E-state index in [9.17, 15) is 10.2 Å². The van der Waals surface area contributed by atoms with Gasteiger partial charge in [0.15, 0.2) is 0 Å². The fourth-order valence-corrected chi connectivity index (χ4v) is 2.58. The van der Waals surface area contributed by atoms with E-state index in [1.807, 2.05) is 13.0 Å². The zero-order chi connectivity index (χ0) is 14.2. The van der Waals surface area contributed by atoms with Crippen LogP contribution in [-0.4, -0.2) is 29.5 Å². The van der Waals surface area contributed by atoms with E-state index in [-0.39, 0.29) is 29.4 Å². The van der Waals surface area contributed by atoms with E-state index in [1.165, 1.54) is 0 Å². The summed E-state index contributed by atoms with van der Waals surface area (Å²) in [4.78, 5) is 0. The van der Waals surface area contributed by atoms with Crippen LogP contribution < -0.4 is 10.1 Å². The number of nitrogens with one attached hydrogen (secondary N) is 1. The number of hydrogen-bond donors (Lipinski definition) is 3. The largest absolute Gasteiger partial charge is 0.508 e. The van der Waals surface area contributed by atoms with Crippen molar-refractivity contribution in [2.24, 2.45) is 5.41 Å². The minimum absolute atomic E-state index is 0.00637. The number of hydrogen-bond acceptors (Lipinski definition) is 4. The highest BCUT2D eigenvalue weighted by atomic mass is 16.5. The minimum Gasteiger partial charge on any atom is -0.508 e. The van der Waals surface area contributed by atoms with Crippen LogP contribution in [0.1, 0.15) is 38.8 Å². The molecule has 0 aliphatic heterocycles. The molecule has 0 heterocycles. The molecule has 4 heteroatoms. The number of ether oxygens (including phenoxy) is 1. The molecule has 106 valence electrons. The summed E-state index contributed by atoms with van der Waals surface area (Å²) in [5.74, 6) is 0.993. The third-order valence-electron chi connectivity index (χ3n) is 4.37. The van der Waals surface area contributed by atoms with Gasteiger partial charge in [-0.1, -0.05) is 13.8 Å². The summed E-state index contributed by atoms with van der Waals surface area (Å²) in [6.07, 6.45) is 0.498. The molecule has 1 aliphatic carbocycles. The fourth-order valence-electron chi connectivity index (χ4n) is 2.58. The van der Waals surface area contributed by atoms with E-state index in [2.05, 4.69) is 19.2 Å². The minimum atomic E-state index is -0.254. The maximum atomic E-state index is 9.94. The molecule has 1 aromatic carbocycles. The van der Waals surface area contributed by atoms with Gasteiger partial charge >= 0.3 is 0 Å². The number of methoxy groups -OCH3 is 1. The quantitative estimate of drug-likeness (QED) is 0.781. The first-order valence-corrected chi connectivity index (χ1v) is 6.67. The summed E-state index contributed by atoms with van der Waals surface area (Å²) in [5.41, 5.74) is 0.694. The first kappa shape index (κ1) is 14.2. The third-order valence-corrected chi connectivity index (χ3v) is 4.37. The summed E-state index contributed by atoms with van der Waals surface area (Å²) < 4.78 is 5.18. The van der Waals surface area contributed by atoms with Crippen molar-refractivity contribution < 1.29 is 14.9 Å². The van der Waals surface area contributed by atoms with Gasteiger partial charge in [-0.15, -0.1) is 0 Å². The number of aliphatic hydroxyl groups excluding tert-OH is 1. The molecule has 3 atom stereocenters. The third kappa shape index (κ3) is 2.55. The van der Waals surface area contributed by atoms with Gasteiger partial charge in [0.05, 0.1) is 13.2 Å². The highest BCUT2D eigenvalue weighted by Crippen LogP contribution is 2.42. The molecule has 0 aromatic heterocycles. The molecular weight excluding hydrogens is 242 g/mol. The van der Waals surface area contributed by atoms with E-state index in [0.717, 1.165) is 17.7 Å². The maximum absolute atomic E-state index is 9.94. The van der Waals surface area contributed by atoms with Crippen molar-refractivity contribution >= 4 is 0 Å². The summed E-state index contributed by atoms with van der Waals surface area (Å²) in [6.45, 7) is 6.11. The lowest BCUT2D eigenvalue weighted by Gasteiger charge is -2.50. The molecule has 0 spiro atoms. The van der Waals surface area contributed by atoms with Crippen LogP contribution in [0.5, 0.6) is 11.5 Å². The number of aromatic hydroxyl groups is 1. The van der Waals surface area contributed by atoms with Gasteiger partial charge in [0.2, 0.25) is 0 Å². The molecule has 1 aromatic rings. The molecule has 2 rings (SSSR count). The Balaban J connectivity index is 2.10. The number of aliphatic hydroxyl groups is 1. The first-order chi connectivity index (χ1) is 8.86. The second-order valence-electron chi connectivity index (χ2n) is 5.94. The van der Waals surface area contributed by atoms with E-state index >= 15 is 0 Å². The predicted molar refractivity (Wildman–Crippen MR) is 74.4 cm³/mol. The van der Waals surface area contributed by atoms with Gasteiger partial charge in [0, 0.05) is 23.1 Å². The van der Waals surface area contributed by atoms with Gasteiger partial charge in [-0.05, 0) is 31.5 Å². The van der Waals surface area contributed by atoms with Crippen molar-refractivity contribution in [3.05, 3.63) is 23.8 Å². The lowest BCUT2D eigenvalue weighted by molar-refractivity contribution is -0.0755. The Morgan fingerprint density at radius 3 is 2.63 bits per heavy atom. The van der Waals surface area contributed by atoms with Crippen LogP contribution in [0.3, 0.4) is 0 Å². The molecule has 1 fully saturated rings. The van der Waals surface area contributed by atoms with E-state index in [4.69, 9.17) is 4.74 Å². The van der Waals surface area contributed by atoms with Crippen LogP contribution in [-0.2, 0) is 0 Å². The van der Waals surface area contributed by atoms with E-state index in [1.54, 1.807) is 19.2 Å². The SMILES string of the molecule is COc1ccc(O)c(C(C)NC2CC(O)C2(C)C)c1. The van der Waals surface area contributed by atoms with Crippen molar-refractivity contribution in [3.63, 3.8) is 0 Å². The molecule has 3 N–H and O–H groups in total. The van der Waals surface area contributed by atoms with Gasteiger partial charge in [0.25, 0.3) is 0 Å². The Morgan fingerprint density at radius 2 is 2.11 bits per heavy atom. The smallest absolute Gasteiger partial charge is 0.120 e. The van der Waals surface area contributed by atoms with Crippen molar-refractivity contribution in [3.8, 4) is 11.5 Å². The number of phenolic OH excluding ortho intramolecular Hbond substituents is 1. The molecule has 3 unspecified atom stereocenters. The number of phenols is 1.